The molecule has 0 aliphatic heterocycles. The number of benzene rings is 1. The molecule has 1 aliphatic rings. The maximum absolute atomic E-state index is 13.2. The van der Waals surface area contributed by atoms with Gasteiger partial charge in [-0.15, -0.1) is 11.3 Å². The van der Waals surface area contributed by atoms with E-state index in [1.54, 1.807) is 44.6 Å². The Morgan fingerprint density at radius 2 is 2.09 bits per heavy atom. The van der Waals surface area contributed by atoms with E-state index in [2.05, 4.69) is 31.4 Å². The zero-order chi connectivity index (χ0) is 22.8. The molecule has 32 heavy (non-hydrogen) atoms. The van der Waals surface area contributed by atoms with Gasteiger partial charge in [0.05, 0.1) is 36.6 Å². The third kappa shape index (κ3) is 4.16. The Balaban J connectivity index is 1.53. The average Bonchev–Trinajstić information content (AvgIpc) is 3.17. The predicted molar refractivity (Wildman–Crippen MR) is 128 cm³/mol. The van der Waals surface area contributed by atoms with Crippen LogP contribution in [-0.2, 0) is 17.6 Å². The highest BCUT2D eigenvalue weighted by Gasteiger charge is 2.23. The van der Waals surface area contributed by atoms with Crippen molar-refractivity contribution in [2.45, 2.75) is 38.6 Å². The third-order valence-electron chi connectivity index (χ3n) is 5.54. The number of nitrogens with one attached hydrogen (secondary N) is 1. The van der Waals surface area contributed by atoms with Crippen LogP contribution in [0.5, 0.6) is 11.5 Å². The lowest BCUT2D eigenvalue weighted by atomic mass is 9.97. The van der Waals surface area contributed by atoms with Gasteiger partial charge in [-0.3, -0.25) is 14.2 Å². The Morgan fingerprint density at radius 3 is 2.84 bits per heavy atom. The van der Waals surface area contributed by atoms with E-state index in [1.807, 2.05) is 0 Å². The molecule has 2 aromatic heterocycles. The lowest BCUT2D eigenvalue weighted by Crippen LogP contribution is -2.34. The number of carbonyl (C=O) groups is 1. The fourth-order valence-electron chi connectivity index (χ4n) is 3.84. The molecule has 0 fully saturated rings. The van der Waals surface area contributed by atoms with Crippen LogP contribution in [0.15, 0.2) is 32.8 Å². The summed E-state index contributed by atoms with van der Waals surface area (Å²) in [5.74, 6) is 0.696. The maximum atomic E-state index is 13.2. The number of ether oxygens (including phenoxy) is 2. The number of rotatable bonds is 6. The first-order chi connectivity index (χ1) is 15.4. The van der Waals surface area contributed by atoms with Crippen LogP contribution < -0.4 is 20.5 Å². The van der Waals surface area contributed by atoms with Gasteiger partial charge in [0.25, 0.3) is 11.5 Å². The number of hydrogen-bond acceptors (Lipinski definition) is 7. The molecule has 168 valence electrons. The van der Waals surface area contributed by atoms with E-state index >= 15 is 0 Å². The molecule has 0 spiro atoms. The van der Waals surface area contributed by atoms with Crippen molar-refractivity contribution in [2.75, 3.05) is 14.2 Å². The first-order valence-corrected chi connectivity index (χ1v) is 11.8. The van der Waals surface area contributed by atoms with Crippen molar-refractivity contribution >= 4 is 49.6 Å². The quantitative estimate of drug-likeness (QED) is 0.395. The van der Waals surface area contributed by atoms with Crippen molar-refractivity contribution in [3.8, 4) is 11.5 Å². The largest absolute Gasteiger partial charge is 0.493 e. The van der Waals surface area contributed by atoms with Crippen molar-refractivity contribution in [1.29, 1.82) is 0 Å². The molecule has 1 amide bonds. The average molecular weight is 519 g/mol. The summed E-state index contributed by atoms with van der Waals surface area (Å²) in [4.78, 5) is 32.3. The van der Waals surface area contributed by atoms with Gasteiger partial charge in [0, 0.05) is 4.88 Å². The molecule has 1 atom stereocenters. The van der Waals surface area contributed by atoms with Gasteiger partial charge in [0.15, 0.2) is 11.5 Å². The Hall–Kier alpha value is -2.72. The smallest absolute Gasteiger partial charge is 0.263 e. The molecule has 10 heteroatoms. The lowest BCUT2D eigenvalue weighted by molar-refractivity contribution is -0.123. The second-order valence-corrected chi connectivity index (χ2v) is 9.43. The molecule has 4 rings (SSSR count). The van der Waals surface area contributed by atoms with Crippen molar-refractivity contribution in [2.24, 2.45) is 5.10 Å². The second-order valence-electron chi connectivity index (χ2n) is 7.50. The first-order valence-electron chi connectivity index (χ1n) is 10.2. The van der Waals surface area contributed by atoms with Crippen molar-refractivity contribution in [3.05, 3.63) is 49.3 Å². The number of nitrogens with zero attached hydrogens (tertiary/aromatic N) is 3. The van der Waals surface area contributed by atoms with Crippen LogP contribution >= 0.6 is 27.3 Å². The van der Waals surface area contributed by atoms with Gasteiger partial charge in [0.1, 0.15) is 10.9 Å². The number of methoxy groups -OCH3 is 2. The van der Waals surface area contributed by atoms with Gasteiger partial charge in [-0.25, -0.2) is 10.4 Å². The number of aryl methyl sites for hydroxylation is 2. The molecule has 0 unspecified atom stereocenters. The number of aromatic nitrogens is 2. The van der Waals surface area contributed by atoms with Gasteiger partial charge in [-0.2, -0.15) is 5.10 Å². The summed E-state index contributed by atoms with van der Waals surface area (Å²) in [5.41, 5.74) is 4.13. The molecule has 0 saturated carbocycles. The number of amides is 1. The normalized spacial score (nSPS) is 14.4. The molecule has 1 aliphatic carbocycles. The zero-order valence-corrected chi connectivity index (χ0v) is 20.4. The molecule has 2 heterocycles. The minimum atomic E-state index is -0.757. The molecule has 1 N–H and O–H groups in total. The summed E-state index contributed by atoms with van der Waals surface area (Å²) in [6, 6.07) is 2.78. The van der Waals surface area contributed by atoms with E-state index in [0.29, 0.717) is 26.9 Å². The van der Waals surface area contributed by atoms with Crippen LogP contribution in [0, 0.1) is 0 Å². The van der Waals surface area contributed by atoms with E-state index in [1.165, 1.54) is 22.0 Å². The van der Waals surface area contributed by atoms with Crippen LogP contribution in [0.1, 0.15) is 41.8 Å². The number of carbonyl (C=O) groups excluding carboxylic acids is 1. The van der Waals surface area contributed by atoms with Crippen LogP contribution in [0.3, 0.4) is 0 Å². The number of hydrogen-bond donors (Lipinski definition) is 1. The van der Waals surface area contributed by atoms with Gasteiger partial charge < -0.3 is 9.47 Å². The van der Waals surface area contributed by atoms with Gasteiger partial charge in [0.2, 0.25) is 0 Å². The van der Waals surface area contributed by atoms with E-state index in [9.17, 15) is 9.59 Å². The predicted octanol–water partition coefficient (Wildman–Crippen LogP) is 3.83. The van der Waals surface area contributed by atoms with Crippen LogP contribution in [0.2, 0.25) is 0 Å². The molecule has 1 aromatic carbocycles. The molecule has 3 aromatic rings. The molecule has 8 nitrogen and oxygen atoms in total. The Kier molecular flexibility index (Phi) is 6.61. The maximum Gasteiger partial charge on any atom is 0.263 e. The van der Waals surface area contributed by atoms with Gasteiger partial charge in [-0.1, -0.05) is 0 Å². The van der Waals surface area contributed by atoms with Crippen LogP contribution in [-0.4, -0.2) is 35.9 Å². The van der Waals surface area contributed by atoms with Gasteiger partial charge >= 0.3 is 0 Å². The summed E-state index contributed by atoms with van der Waals surface area (Å²) in [5, 5.41) is 4.69. The summed E-state index contributed by atoms with van der Waals surface area (Å²) in [6.45, 7) is 1.66. The van der Waals surface area contributed by atoms with Crippen LogP contribution in [0.4, 0.5) is 0 Å². The molecule has 0 bridgehead atoms. The standard InChI is InChI=1S/C22H23BrN4O4S/c1-12(20(28)26-25-10-13-8-15(23)19(31-3)16(9-13)30-2)27-11-24-21-18(22(27)29)14-6-4-5-7-17(14)32-21/h8-12H,4-7H2,1-3H3,(H,26,28)/b25-10-/t12-/m1/s1. The molecule has 0 radical (unpaired) electrons. The summed E-state index contributed by atoms with van der Waals surface area (Å²) in [6.07, 6.45) is 7.04. The third-order valence-corrected chi connectivity index (χ3v) is 7.33. The highest BCUT2D eigenvalue weighted by molar-refractivity contribution is 9.10. The Labute approximate surface area is 197 Å². The molecular formula is C22H23BrN4O4S. The summed E-state index contributed by atoms with van der Waals surface area (Å²) < 4.78 is 12.7. The number of halogens is 1. The van der Waals surface area contributed by atoms with Gasteiger partial charge in [-0.05, 0) is 71.8 Å². The van der Waals surface area contributed by atoms with E-state index < -0.39 is 11.9 Å². The van der Waals surface area contributed by atoms with Crippen molar-refractivity contribution in [1.82, 2.24) is 15.0 Å². The fraction of sp³-hybridized carbons (Fsp3) is 0.364. The van der Waals surface area contributed by atoms with Crippen molar-refractivity contribution in [3.63, 3.8) is 0 Å². The summed E-state index contributed by atoms with van der Waals surface area (Å²) in [7, 11) is 3.10. The zero-order valence-electron chi connectivity index (χ0n) is 18.0. The minimum Gasteiger partial charge on any atom is -0.493 e. The van der Waals surface area contributed by atoms with E-state index in [-0.39, 0.29) is 5.56 Å². The first kappa shape index (κ1) is 22.5. The SMILES string of the molecule is COc1cc(/C=N\NC(=O)[C@@H](C)n2cnc3sc4c(c3c2=O)CCCC4)cc(Br)c1OC. The second kappa shape index (κ2) is 9.41. The monoisotopic (exact) mass is 518 g/mol. The van der Waals surface area contributed by atoms with Crippen LogP contribution in [0.25, 0.3) is 10.2 Å². The van der Waals surface area contributed by atoms with E-state index in [0.717, 1.165) is 36.1 Å². The summed E-state index contributed by atoms with van der Waals surface area (Å²) >= 11 is 5.02. The highest BCUT2D eigenvalue weighted by atomic mass is 79.9. The molecular weight excluding hydrogens is 496 g/mol. The Morgan fingerprint density at radius 1 is 1.31 bits per heavy atom. The number of hydrazone groups is 1. The molecule has 0 saturated heterocycles. The number of thiophene rings is 1. The lowest BCUT2D eigenvalue weighted by Gasteiger charge is -2.14. The minimum absolute atomic E-state index is 0.176. The number of fused-ring (bicyclic) bond motifs is 3. The highest BCUT2D eigenvalue weighted by Crippen LogP contribution is 2.36. The fourth-order valence-corrected chi connectivity index (χ4v) is 5.68. The van der Waals surface area contributed by atoms with Crippen molar-refractivity contribution < 1.29 is 14.3 Å². The Bertz CT molecular complexity index is 1270. The topological polar surface area (TPSA) is 94.8 Å². The van der Waals surface area contributed by atoms with E-state index in [4.69, 9.17) is 9.47 Å².